The van der Waals surface area contributed by atoms with Crippen molar-refractivity contribution >= 4 is 52.5 Å². The minimum absolute atomic E-state index is 0.00273. The maximum absolute atomic E-state index is 13.2. The molecule has 0 saturated carbocycles. The summed E-state index contributed by atoms with van der Waals surface area (Å²) in [6.07, 6.45) is 1.44. The van der Waals surface area contributed by atoms with Gasteiger partial charge in [-0.15, -0.1) is 0 Å². The van der Waals surface area contributed by atoms with Gasteiger partial charge in [-0.05, 0) is 74.1 Å². The van der Waals surface area contributed by atoms with Gasteiger partial charge in [0.2, 0.25) is 0 Å². The van der Waals surface area contributed by atoms with E-state index in [9.17, 15) is 9.59 Å². The summed E-state index contributed by atoms with van der Waals surface area (Å²) < 4.78 is 16.3. The van der Waals surface area contributed by atoms with Gasteiger partial charge in [-0.3, -0.25) is 19.8 Å². The molecule has 2 aromatic carbocycles. The van der Waals surface area contributed by atoms with Gasteiger partial charge in [0.25, 0.3) is 11.8 Å². The van der Waals surface area contributed by atoms with Crippen LogP contribution >= 0.6 is 23.8 Å². The van der Waals surface area contributed by atoms with E-state index in [1.807, 2.05) is 13.8 Å². The van der Waals surface area contributed by atoms with Gasteiger partial charge in [-0.2, -0.15) is 0 Å². The predicted octanol–water partition coefficient (Wildman–Crippen LogP) is 3.98. The molecule has 1 N–H and O–H groups in total. The average molecular weight is 461 g/mol. The second-order valence-electron chi connectivity index (χ2n) is 6.35. The molecule has 0 aromatic heterocycles. The second kappa shape index (κ2) is 9.80. The van der Waals surface area contributed by atoms with Crippen molar-refractivity contribution in [3.05, 3.63) is 52.6 Å². The number of rotatable bonds is 7. The monoisotopic (exact) mass is 460 g/mol. The van der Waals surface area contributed by atoms with Crippen LogP contribution in [0.5, 0.6) is 17.2 Å². The van der Waals surface area contributed by atoms with Crippen LogP contribution < -0.4 is 24.4 Å². The Labute approximate surface area is 190 Å². The van der Waals surface area contributed by atoms with Crippen molar-refractivity contribution in [1.29, 1.82) is 0 Å². The Balaban J connectivity index is 2.01. The van der Waals surface area contributed by atoms with Gasteiger partial charge in [0.1, 0.15) is 11.3 Å². The van der Waals surface area contributed by atoms with E-state index in [2.05, 4.69) is 5.32 Å². The quantitative estimate of drug-likeness (QED) is 0.382. The molecule has 7 nitrogen and oxygen atoms in total. The molecule has 1 heterocycles. The normalized spacial score (nSPS) is 15.2. The van der Waals surface area contributed by atoms with E-state index in [1.165, 1.54) is 11.0 Å². The molecule has 0 unspecified atom stereocenters. The Morgan fingerprint density at radius 2 is 1.77 bits per heavy atom. The molecule has 0 bridgehead atoms. The topological polar surface area (TPSA) is 77.1 Å². The number of nitrogens with zero attached hydrogens (tertiary/aromatic N) is 1. The Kier molecular flexibility index (Phi) is 7.14. The van der Waals surface area contributed by atoms with Gasteiger partial charge < -0.3 is 14.2 Å². The smallest absolute Gasteiger partial charge is 0.270 e. The maximum atomic E-state index is 13.2. The number of benzene rings is 2. The number of hydrogen-bond acceptors (Lipinski definition) is 6. The number of carbonyl (C=O) groups excluding carboxylic acids is 2. The number of amides is 2. The first-order chi connectivity index (χ1) is 14.9. The fraction of sp³-hybridized carbons (Fsp3) is 0.227. The molecule has 2 aromatic rings. The lowest BCUT2D eigenvalue weighted by Crippen LogP contribution is -2.54. The number of halogens is 1. The lowest BCUT2D eigenvalue weighted by atomic mass is 10.1. The summed E-state index contributed by atoms with van der Waals surface area (Å²) in [5.41, 5.74) is 0.923. The van der Waals surface area contributed by atoms with E-state index in [1.54, 1.807) is 43.5 Å². The fourth-order valence-electron chi connectivity index (χ4n) is 3.01. The number of thiocarbonyl (C=S) groups is 1. The molecule has 162 valence electrons. The molecular weight excluding hydrogens is 440 g/mol. The van der Waals surface area contributed by atoms with Crippen LogP contribution in [0.3, 0.4) is 0 Å². The highest BCUT2D eigenvalue weighted by Crippen LogP contribution is 2.37. The maximum Gasteiger partial charge on any atom is 0.270 e. The summed E-state index contributed by atoms with van der Waals surface area (Å²) in [5, 5.41) is 2.86. The largest absolute Gasteiger partial charge is 0.497 e. The molecule has 3 rings (SSSR count). The lowest BCUT2D eigenvalue weighted by molar-refractivity contribution is -0.122. The minimum Gasteiger partial charge on any atom is -0.497 e. The van der Waals surface area contributed by atoms with Crippen LogP contribution in [0, 0.1) is 0 Å². The molecule has 1 aliphatic heterocycles. The van der Waals surface area contributed by atoms with Gasteiger partial charge in [0.05, 0.1) is 31.0 Å². The third-order valence-electron chi connectivity index (χ3n) is 4.36. The number of ether oxygens (including phenoxy) is 3. The number of carbonyl (C=O) groups is 2. The van der Waals surface area contributed by atoms with Crippen LogP contribution in [0.1, 0.15) is 19.4 Å². The highest BCUT2D eigenvalue weighted by Gasteiger charge is 2.34. The van der Waals surface area contributed by atoms with Gasteiger partial charge >= 0.3 is 0 Å². The number of methoxy groups -OCH3 is 1. The summed E-state index contributed by atoms with van der Waals surface area (Å²) in [6.45, 7) is 4.48. The van der Waals surface area contributed by atoms with Gasteiger partial charge in [0.15, 0.2) is 16.6 Å². The Morgan fingerprint density at radius 1 is 1.10 bits per heavy atom. The summed E-state index contributed by atoms with van der Waals surface area (Å²) in [6, 6.07) is 10.0. The first-order valence-electron chi connectivity index (χ1n) is 9.54. The fourth-order valence-corrected chi connectivity index (χ4v) is 3.56. The molecule has 0 radical (unpaired) electrons. The summed E-state index contributed by atoms with van der Waals surface area (Å²) in [7, 11) is 1.55. The van der Waals surface area contributed by atoms with Crippen molar-refractivity contribution in [2.75, 3.05) is 25.2 Å². The molecule has 0 atom stereocenters. The van der Waals surface area contributed by atoms with E-state index in [0.717, 1.165) is 0 Å². The number of anilines is 1. The molecule has 0 aliphatic carbocycles. The summed E-state index contributed by atoms with van der Waals surface area (Å²) >= 11 is 11.6. The molecule has 31 heavy (non-hydrogen) atoms. The highest BCUT2D eigenvalue weighted by molar-refractivity contribution is 7.80. The first kappa shape index (κ1) is 22.6. The van der Waals surface area contributed by atoms with Crippen LogP contribution in [-0.4, -0.2) is 37.3 Å². The first-order valence-corrected chi connectivity index (χ1v) is 10.3. The Hall–Kier alpha value is -3.10. The van der Waals surface area contributed by atoms with Gasteiger partial charge in [0, 0.05) is 0 Å². The Bertz CT molecular complexity index is 1050. The zero-order valence-corrected chi connectivity index (χ0v) is 18.8. The molecular formula is C22H21ClN2O5S. The number of hydrogen-bond donors (Lipinski definition) is 1. The van der Waals surface area contributed by atoms with Crippen LogP contribution in [-0.2, 0) is 9.59 Å². The number of nitrogens with one attached hydrogen (secondary N) is 1. The van der Waals surface area contributed by atoms with Crippen LogP contribution in [0.15, 0.2) is 42.0 Å². The molecule has 1 aliphatic rings. The zero-order chi connectivity index (χ0) is 22.5. The van der Waals surface area contributed by atoms with Crippen LogP contribution in [0.25, 0.3) is 6.08 Å². The van der Waals surface area contributed by atoms with E-state index in [4.69, 9.17) is 38.0 Å². The molecule has 2 amide bonds. The minimum atomic E-state index is -0.595. The average Bonchev–Trinajstić information content (AvgIpc) is 2.74. The van der Waals surface area contributed by atoms with Gasteiger partial charge in [-0.25, -0.2) is 0 Å². The van der Waals surface area contributed by atoms with Crippen molar-refractivity contribution < 1.29 is 23.8 Å². The van der Waals surface area contributed by atoms with Crippen LogP contribution in [0.4, 0.5) is 5.69 Å². The SMILES string of the molecule is CCOc1cc(/C=C2/C(=O)NC(=S)N(c3ccc(OC)cc3)C2=O)cc(Cl)c1OCC. The van der Waals surface area contributed by atoms with Crippen molar-refractivity contribution in [3.8, 4) is 17.2 Å². The molecule has 9 heteroatoms. The summed E-state index contributed by atoms with van der Waals surface area (Å²) in [5.74, 6) is 0.319. The van der Waals surface area contributed by atoms with Crippen LogP contribution in [0.2, 0.25) is 5.02 Å². The molecule has 1 fully saturated rings. The highest BCUT2D eigenvalue weighted by atomic mass is 35.5. The zero-order valence-electron chi connectivity index (χ0n) is 17.2. The second-order valence-corrected chi connectivity index (χ2v) is 7.15. The van der Waals surface area contributed by atoms with Crippen molar-refractivity contribution in [1.82, 2.24) is 5.32 Å². The molecule has 1 saturated heterocycles. The lowest BCUT2D eigenvalue weighted by Gasteiger charge is -2.29. The summed E-state index contributed by atoms with van der Waals surface area (Å²) in [4.78, 5) is 26.9. The van der Waals surface area contributed by atoms with Gasteiger partial charge in [-0.1, -0.05) is 11.6 Å². The van der Waals surface area contributed by atoms with E-state index >= 15 is 0 Å². The predicted molar refractivity (Wildman–Crippen MR) is 123 cm³/mol. The van der Waals surface area contributed by atoms with E-state index in [-0.39, 0.29) is 10.7 Å². The third kappa shape index (κ3) is 4.81. The van der Waals surface area contributed by atoms with Crippen molar-refractivity contribution in [3.63, 3.8) is 0 Å². The van der Waals surface area contributed by atoms with E-state index < -0.39 is 11.8 Å². The standard InChI is InChI=1S/C22H21ClN2O5S/c1-4-29-18-12-13(11-17(23)19(18)30-5-2)10-16-20(26)24-22(31)25(21(16)27)14-6-8-15(28-3)9-7-14/h6-12H,4-5H2,1-3H3,(H,24,26,31)/b16-10-. The van der Waals surface area contributed by atoms with Crippen molar-refractivity contribution in [2.24, 2.45) is 0 Å². The van der Waals surface area contributed by atoms with E-state index in [0.29, 0.717) is 46.7 Å². The third-order valence-corrected chi connectivity index (χ3v) is 4.93. The molecule has 0 spiro atoms. The Morgan fingerprint density at radius 3 is 2.39 bits per heavy atom. The van der Waals surface area contributed by atoms with Crippen molar-refractivity contribution in [2.45, 2.75) is 13.8 Å².